The van der Waals surface area contributed by atoms with Crippen LogP contribution in [-0.4, -0.2) is 64.8 Å². The molecule has 4 rings (SSSR count). The molecule has 0 saturated carbocycles. The highest BCUT2D eigenvalue weighted by atomic mass is 16.5. The summed E-state index contributed by atoms with van der Waals surface area (Å²) in [7, 11) is 1.65. The third-order valence-electron chi connectivity index (χ3n) is 5.11. The Bertz CT molecular complexity index is 826. The molecule has 1 atom stereocenters. The number of amides is 2. The largest absolute Gasteiger partial charge is 0.497 e. The van der Waals surface area contributed by atoms with E-state index >= 15 is 0 Å². The van der Waals surface area contributed by atoms with Gasteiger partial charge in [-0.25, -0.2) is 4.68 Å². The number of piperazine rings is 1. The van der Waals surface area contributed by atoms with Gasteiger partial charge in [-0.2, -0.15) is 10.1 Å². The van der Waals surface area contributed by atoms with Crippen molar-refractivity contribution in [1.82, 2.24) is 19.7 Å². The summed E-state index contributed by atoms with van der Waals surface area (Å²) in [5.41, 5.74) is 1.12. The molecular weight excluding hydrogens is 348 g/mol. The van der Waals surface area contributed by atoms with E-state index in [0.717, 1.165) is 24.5 Å². The Kier molecular flexibility index (Phi) is 4.66. The lowest BCUT2D eigenvalue weighted by Crippen LogP contribution is -2.49. The summed E-state index contributed by atoms with van der Waals surface area (Å²) >= 11 is 0. The number of nitrogens with one attached hydrogen (secondary N) is 1. The third-order valence-corrected chi connectivity index (χ3v) is 5.11. The number of methoxy groups -OCH3 is 1. The Labute approximate surface area is 156 Å². The molecule has 0 unspecified atom stereocenters. The topological polar surface area (TPSA) is 92.6 Å². The van der Waals surface area contributed by atoms with E-state index in [1.54, 1.807) is 11.8 Å². The Morgan fingerprint density at radius 3 is 2.67 bits per heavy atom. The molecule has 0 spiro atoms. The molecule has 27 heavy (non-hydrogen) atoms. The molecule has 2 aliphatic heterocycles. The van der Waals surface area contributed by atoms with E-state index in [2.05, 4.69) is 20.3 Å². The Morgan fingerprint density at radius 1 is 1.22 bits per heavy atom. The molecule has 9 nitrogen and oxygen atoms in total. The number of anilines is 2. The highest BCUT2D eigenvalue weighted by Crippen LogP contribution is 2.22. The predicted octanol–water partition coefficient (Wildman–Crippen LogP) is 0.594. The lowest BCUT2D eigenvalue weighted by Gasteiger charge is -2.36. The highest BCUT2D eigenvalue weighted by Gasteiger charge is 2.31. The van der Waals surface area contributed by atoms with Crippen molar-refractivity contribution in [3.63, 3.8) is 0 Å². The van der Waals surface area contributed by atoms with Crippen LogP contribution in [0.2, 0.25) is 0 Å². The number of hydrogen-bond acceptors (Lipinski definition) is 6. The monoisotopic (exact) mass is 370 g/mol. The fourth-order valence-corrected chi connectivity index (χ4v) is 3.50. The zero-order valence-corrected chi connectivity index (χ0v) is 15.2. The molecule has 142 valence electrons. The van der Waals surface area contributed by atoms with Crippen molar-refractivity contribution < 1.29 is 14.3 Å². The van der Waals surface area contributed by atoms with E-state index in [1.165, 1.54) is 6.33 Å². The Balaban J connectivity index is 1.31. The molecule has 3 heterocycles. The first-order valence-electron chi connectivity index (χ1n) is 8.99. The van der Waals surface area contributed by atoms with Gasteiger partial charge in [-0.3, -0.25) is 14.9 Å². The van der Waals surface area contributed by atoms with Crippen LogP contribution in [0.15, 0.2) is 30.6 Å². The van der Waals surface area contributed by atoms with Crippen molar-refractivity contribution in [2.45, 2.75) is 13.0 Å². The third kappa shape index (κ3) is 3.57. The number of benzene rings is 1. The summed E-state index contributed by atoms with van der Waals surface area (Å²) in [6.45, 7) is 3.21. The molecule has 0 aliphatic carbocycles. The van der Waals surface area contributed by atoms with Gasteiger partial charge in [0.25, 0.3) is 0 Å². The average Bonchev–Trinajstić information content (AvgIpc) is 3.15. The summed E-state index contributed by atoms with van der Waals surface area (Å²) in [5, 5.41) is 6.76. The molecule has 1 aromatic heterocycles. The van der Waals surface area contributed by atoms with Crippen molar-refractivity contribution in [2.24, 2.45) is 5.92 Å². The van der Waals surface area contributed by atoms with E-state index in [1.807, 2.05) is 29.2 Å². The SMILES string of the molecule is COc1ccc(N2CCN(C(=O)C[C@@H]3Cn4ncnc4NC3=O)CC2)cc1. The van der Waals surface area contributed by atoms with E-state index < -0.39 is 5.92 Å². The molecular formula is C18H22N6O3. The molecule has 1 N–H and O–H groups in total. The molecule has 2 aliphatic rings. The maximum Gasteiger partial charge on any atom is 0.232 e. The number of ether oxygens (including phenoxy) is 1. The van der Waals surface area contributed by atoms with Crippen molar-refractivity contribution in [2.75, 3.05) is 43.5 Å². The standard InChI is InChI=1S/C18H22N6O3/c1-27-15-4-2-14(3-5-15)22-6-8-23(9-7-22)16(25)10-13-11-24-18(19-12-20-24)21-17(13)26/h2-5,12-13H,6-11H2,1H3,(H,19,20,21,26)/t13-/m1/s1. The number of rotatable bonds is 4. The minimum Gasteiger partial charge on any atom is -0.497 e. The van der Waals surface area contributed by atoms with E-state index in [9.17, 15) is 9.59 Å². The number of nitrogens with zero attached hydrogens (tertiary/aromatic N) is 5. The first-order chi connectivity index (χ1) is 13.1. The fraction of sp³-hybridized carbons (Fsp3) is 0.444. The lowest BCUT2D eigenvalue weighted by atomic mass is 10.0. The number of carbonyl (C=O) groups excluding carboxylic acids is 2. The summed E-state index contributed by atoms with van der Waals surface area (Å²) in [6, 6.07) is 7.93. The van der Waals surface area contributed by atoms with Gasteiger partial charge in [-0.05, 0) is 24.3 Å². The molecule has 1 aromatic carbocycles. The van der Waals surface area contributed by atoms with Crippen molar-refractivity contribution in [3.8, 4) is 5.75 Å². The van der Waals surface area contributed by atoms with Gasteiger partial charge in [0.1, 0.15) is 12.1 Å². The van der Waals surface area contributed by atoms with Crippen LogP contribution in [0, 0.1) is 5.92 Å². The molecule has 0 radical (unpaired) electrons. The van der Waals surface area contributed by atoms with Gasteiger partial charge in [-0.15, -0.1) is 0 Å². The van der Waals surface area contributed by atoms with Crippen LogP contribution in [-0.2, 0) is 16.1 Å². The predicted molar refractivity (Wildman–Crippen MR) is 98.5 cm³/mol. The molecule has 2 amide bonds. The minimum atomic E-state index is -0.411. The minimum absolute atomic E-state index is 0.00750. The van der Waals surface area contributed by atoms with Gasteiger partial charge in [0.05, 0.1) is 19.6 Å². The van der Waals surface area contributed by atoms with Crippen LogP contribution in [0.1, 0.15) is 6.42 Å². The molecule has 9 heteroatoms. The second kappa shape index (κ2) is 7.26. The number of carbonyl (C=O) groups is 2. The van der Waals surface area contributed by atoms with Gasteiger partial charge >= 0.3 is 0 Å². The lowest BCUT2D eigenvalue weighted by molar-refractivity contribution is -0.135. The highest BCUT2D eigenvalue weighted by molar-refractivity contribution is 5.95. The van der Waals surface area contributed by atoms with E-state index in [0.29, 0.717) is 25.6 Å². The zero-order valence-electron chi connectivity index (χ0n) is 15.2. The maximum absolute atomic E-state index is 12.7. The Morgan fingerprint density at radius 2 is 1.96 bits per heavy atom. The van der Waals surface area contributed by atoms with Crippen LogP contribution in [0.5, 0.6) is 5.75 Å². The van der Waals surface area contributed by atoms with Crippen molar-refractivity contribution in [1.29, 1.82) is 0 Å². The molecule has 1 fully saturated rings. The van der Waals surface area contributed by atoms with Crippen LogP contribution in [0.4, 0.5) is 11.6 Å². The van der Waals surface area contributed by atoms with Gasteiger partial charge in [0, 0.05) is 38.3 Å². The van der Waals surface area contributed by atoms with Gasteiger partial charge in [0.2, 0.25) is 17.8 Å². The van der Waals surface area contributed by atoms with Crippen molar-refractivity contribution in [3.05, 3.63) is 30.6 Å². The zero-order chi connectivity index (χ0) is 18.8. The van der Waals surface area contributed by atoms with Crippen LogP contribution in [0.3, 0.4) is 0 Å². The second-order valence-corrected chi connectivity index (χ2v) is 6.72. The van der Waals surface area contributed by atoms with E-state index in [4.69, 9.17) is 4.74 Å². The quantitative estimate of drug-likeness (QED) is 0.847. The van der Waals surface area contributed by atoms with Crippen LogP contribution < -0.4 is 15.0 Å². The second-order valence-electron chi connectivity index (χ2n) is 6.72. The smallest absolute Gasteiger partial charge is 0.232 e. The summed E-state index contributed by atoms with van der Waals surface area (Å²) in [5.74, 6) is 0.700. The van der Waals surface area contributed by atoms with E-state index in [-0.39, 0.29) is 18.2 Å². The number of hydrogen-bond donors (Lipinski definition) is 1. The number of fused-ring (bicyclic) bond motifs is 1. The molecule has 2 aromatic rings. The van der Waals surface area contributed by atoms with Gasteiger partial charge in [-0.1, -0.05) is 0 Å². The van der Waals surface area contributed by atoms with Crippen LogP contribution >= 0.6 is 0 Å². The summed E-state index contributed by atoms with van der Waals surface area (Å²) in [4.78, 5) is 32.9. The molecule has 1 saturated heterocycles. The van der Waals surface area contributed by atoms with Crippen LogP contribution in [0.25, 0.3) is 0 Å². The summed E-state index contributed by atoms with van der Waals surface area (Å²) < 4.78 is 6.81. The van der Waals surface area contributed by atoms with Gasteiger partial charge < -0.3 is 14.5 Å². The normalized spacial score (nSPS) is 19.4. The average molecular weight is 370 g/mol. The maximum atomic E-state index is 12.7. The summed E-state index contributed by atoms with van der Waals surface area (Å²) in [6.07, 6.45) is 1.59. The van der Waals surface area contributed by atoms with Gasteiger partial charge in [0.15, 0.2) is 0 Å². The Hall–Kier alpha value is -3.10. The van der Waals surface area contributed by atoms with Crippen molar-refractivity contribution >= 4 is 23.5 Å². The number of aromatic nitrogens is 3. The fourth-order valence-electron chi connectivity index (χ4n) is 3.50. The first-order valence-corrected chi connectivity index (χ1v) is 8.99. The molecule has 0 bridgehead atoms. The first kappa shape index (κ1) is 17.3.